The van der Waals surface area contributed by atoms with Crippen LogP contribution >= 0.6 is 0 Å². The minimum absolute atomic E-state index is 0.343. The first-order valence-corrected chi connectivity index (χ1v) is 6.28. The molecule has 0 amide bonds. The summed E-state index contributed by atoms with van der Waals surface area (Å²) in [6, 6.07) is 7.65. The zero-order valence-corrected chi connectivity index (χ0v) is 10.4. The highest BCUT2D eigenvalue weighted by atomic mass is 16.5. The minimum Gasteiger partial charge on any atom is -0.490 e. The second kappa shape index (κ2) is 7.15. The average molecular weight is 221 g/mol. The third-order valence-electron chi connectivity index (χ3n) is 2.77. The lowest BCUT2D eigenvalue weighted by Crippen LogP contribution is -2.15. The molecule has 16 heavy (non-hydrogen) atoms. The summed E-state index contributed by atoms with van der Waals surface area (Å²) < 4.78 is 5.91. The smallest absolute Gasteiger partial charge is 0.119 e. The van der Waals surface area contributed by atoms with Crippen molar-refractivity contribution < 1.29 is 4.74 Å². The SMILES string of the molecule is CCCCCC(CC)Oc1ccc(N)cc1. The van der Waals surface area contributed by atoms with Gasteiger partial charge in [-0.15, -0.1) is 0 Å². The summed E-state index contributed by atoms with van der Waals surface area (Å²) in [4.78, 5) is 0. The Morgan fingerprint density at radius 3 is 2.38 bits per heavy atom. The second-order valence-electron chi connectivity index (χ2n) is 4.21. The summed E-state index contributed by atoms with van der Waals surface area (Å²) in [5, 5.41) is 0. The van der Waals surface area contributed by atoms with E-state index in [4.69, 9.17) is 10.5 Å². The van der Waals surface area contributed by atoms with Gasteiger partial charge in [-0.2, -0.15) is 0 Å². The summed E-state index contributed by atoms with van der Waals surface area (Å²) in [5.74, 6) is 0.928. The van der Waals surface area contributed by atoms with E-state index >= 15 is 0 Å². The fourth-order valence-corrected chi connectivity index (χ4v) is 1.71. The number of hydrogen-bond donors (Lipinski definition) is 1. The second-order valence-corrected chi connectivity index (χ2v) is 4.21. The zero-order chi connectivity index (χ0) is 11.8. The van der Waals surface area contributed by atoms with Gasteiger partial charge in [0.1, 0.15) is 5.75 Å². The molecular weight excluding hydrogens is 198 g/mol. The zero-order valence-electron chi connectivity index (χ0n) is 10.4. The van der Waals surface area contributed by atoms with Crippen LogP contribution in [0.25, 0.3) is 0 Å². The summed E-state index contributed by atoms with van der Waals surface area (Å²) in [7, 11) is 0. The Bertz CT molecular complexity index is 281. The number of hydrogen-bond acceptors (Lipinski definition) is 2. The fourth-order valence-electron chi connectivity index (χ4n) is 1.71. The van der Waals surface area contributed by atoms with Crippen molar-refractivity contribution in [3.05, 3.63) is 24.3 Å². The molecule has 0 aliphatic carbocycles. The van der Waals surface area contributed by atoms with Gasteiger partial charge in [-0.1, -0.05) is 26.7 Å². The van der Waals surface area contributed by atoms with Gasteiger partial charge in [-0.25, -0.2) is 0 Å². The van der Waals surface area contributed by atoms with Gasteiger partial charge in [0.2, 0.25) is 0 Å². The van der Waals surface area contributed by atoms with E-state index in [9.17, 15) is 0 Å². The third kappa shape index (κ3) is 4.56. The molecule has 0 heterocycles. The van der Waals surface area contributed by atoms with E-state index in [0.29, 0.717) is 6.10 Å². The van der Waals surface area contributed by atoms with Crippen LogP contribution in [0.15, 0.2) is 24.3 Å². The first-order valence-electron chi connectivity index (χ1n) is 6.28. The molecule has 2 N–H and O–H groups in total. The molecule has 2 nitrogen and oxygen atoms in total. The lowest BCUT2D eigenvalue weighted by molar-refractivity contribution is 0.183. The van der Waals surface area contributed by atoms with Crippen LogP contribution < -0.4 is 10.5 Å². The molecule has 0 aliphatic rings. The highest BCUT2D eigenvalue weighted by Gasteiger charge is 2.07. The Morgan fingerprint density at radius 2 is 1.81 bits per heavy atom. The molecule has 0 bridgehead atoms. The summed E-state index contributed by atoms with van der Waals surface area (Å²) in [6.07, 6.45) is 6.36. The van der Waals surface area contributed by atoms with Gasteiger partial charge in [0.15, 0.2) is 0 Å². The van der Waals surface area contributed by atoms with Crippen molar-refractivity contribution in [3.63, 3.8) is 0 Å². The van der Waals surface area contributed by atoms with E-state index in [1.54, 1.807) is 0 Å². The van der Waals surface area contributed by atoms with Crippen molar-refractivity contribution in [2.45, 2.75) is 52.1 Å². The maximum absolute atomic E-state index is 5.91. The van der Waals surface area contributed by atoms with Gasteiger partial charge in [-0.3, -0.25) is 0 Å². The lowest BCUT2D eigenvalue weighted by Gasteiger charge is -2.17. The van der Waals surface area contributed by atoms with Crippen LogP contribution in [0.5, 0.6) is 5.75 Å². The van der Waals surface area contributed by atoms with Crippen molar-refractivity contribution >= 4 is 5.69 Å². The third-order valence-corrected chi connectivity index (χ3v) is 2.77. The van der Waals surface area contributed by atoms with Gasteiger partial charge in [0, 0.05) is 5.69 Å². The standard InChI is InChI=1S/C14H23NO/c1-3-5-6-7-13(4-2)16-14-10-8-12(15)9-11-14/h8-11,13H,3-7,15H2,1-2H3. The molecule has 0 aromatic heterocycles. The molecule has 0 saturated carbocycles. The normalized spacial score (nSPS) is 12.4. The van der Waals surface area contributed by atoms with Crippen molar-refractivity contribution in [1.82, 2.24) is 0 Å². The Morgan fingerprint density at radius 1 is 1.12 bits per heavy atom. The van der Waals surface area contributed by atoms with Crippen LogP contribution in [-0.4, -0.2) is 6.10 Å². The molecule has 0 aliphatic heterocycles. The molecule has 1 aromatic rings. The number of benzene rings is 1. The van der Waals surface area contributed by atoms with Gasteiger partial charge >= 0.3 is 0 Å². The van der Waals surface area contributed by atoms with E-state index in [2.05, 4.69) is 13.8 Å². The van der Waals surface area contributed by atoms with Crippen LogP contribution in [-0.2, 0) is 0 Å². The number of rotatable bonds is 7. The van der Waals surface area contributed by atoms with E-state index in [1.807, 2.05) is 24.3 Å². The Balaban J connectivity index is 2.40. The van der Waals surface area contributed by atoms with Crippen LogP contribution in [0, 0.1) is 0 Å². The van der Waals surface area contributed by atoms with E-state index in [0.717, 1.165) is 24.3 Å². The largest absolute Gasteiger partial charge is 0.490 e. The number of ether oxygens (including phenoxy) is 1. The highest BCUT2D eigenvalue weighted by Crippen LogP contribution is 2.18. The Hall–Kier alpha value is -1.18. The first-order chi connectivity index (χ1) is 7.76. The topological polar surface area (TPSA) is 35.2 Å². The number of unbranched alkanes of at least 4 members (excludes halogenated alkanes) is 2. The molecule has 1 aromatic carbocycles. The maximum atomic E-state index is 5.91. The molecule has 0 spiro atoms. The van der Waals surface area contributed by atoms with Gasteiger partial charge < -0.3 is 10.5 Å². The Kier molecular flexibility index (Phi) is 5.76. The molecule has 0 radical (unpaired) electrons. The van der Waals surface area contributed by atoms with Crippen molar-refractivity contribution in [2.24, 2.45) is 0 Å². The monoisotopic (exact) mass is 221 g/mol. The first kappa shape index (κ1) is 12.9. The van der Waals surface area contributed by atoms with E-state index < -0.39 is 0 Å². The molecule has 1 rings (SSSR count). The molecule has 0 fully saturated rings. The summed E-state index contributed by atoms with van der Waals surface area (Å²) in [6.45, 7) is 4.40. The van der Waals surface area contributed by atoms with Gasteiger partial charge in [0.25, 0.3) is 0 Å². The van der Waals surface area contributed by atoms with Crippen LogP contribution in [0.3, 0.4) is 0 Å². The minimum atomic E-state index is 0.343. The van der Waals surface area contributed by atoms with Crippen LogP contribution in [0.1, 0.15) is 46.0 Å². The summed E-state index contributed by atoms with van der Waals surface area (Å²) in [5.41, 5.74) is 6.42. The quantitative estimate of drug-likeness (QED) is 0.558. The molecule has 1 atom stereocenters. The Labute approximate surface area is 98.8 Å². The van der Waals surface area contributed by atoms with E-state index in [1.165, 1.54) is 19.3 Å². The number of nitrogens with two attached hydrogens (primary N) is 1. The highest BCUT2D eigenvalue weighted by molar-refractivity contribution is 5.41. The van der Waals surface area contributed by atoms with Crippen LogP contribution in [0.4, 0.5) is 5.69 Å². The average Bonchev–Trinajstić information content (AvgIpc) is 2.31. The number of nitrogen functional groups attached to an aromatic ring is 1. The van der Waals surface area contributed by atoms with Crippen LogP contribution in [0.2, 0.25) is 0 Å². The predicted molar refractivity (Wildman–Crippen MR) is 69.7 cm³/mol. The number of anilines is 1. The molecular formula is C14H23NO. The van der Waals surface area contributed by atoms with Crippen molar-refractivity contribution in [3.8, 4) is 5.75 Å². The van der Waals surface area contributed by atoms with Crippen molar-refractivity contribution in [1.29, 1.82) is 0 Å². The molecule has 0 saturated heterocycles. The lowest BCUT2D eigenvalue weighted by atomic mass is 10.1. The molecule has 90 valence electrons. The van der Waals surface area contributed by atoms with Gasteiger partial charge in [-0.05, 0) is 43.5 Å². The fraction of sp³-hybridized carbons (Fsp3) is 0.571. The van der Waals surface area contributed by atoms with E-state index in [-0.39, 0.29) is 0 Å². The summed E-state index contributed by atoms with van der Waals surface area (Å²) >= 11 is 0. The predicted octanol–water partition coefficient (Wildman–Crippen LogP) is 4.01. The van der Waals surface area contributed by atoms with Gasteiger partial charge in [0.05, 0.1) is 6.10 Å². The molecule has 1 unspecified atom stereocenters. The maximum Gasteiger partial charge on any atom is 0.119 e. The van der Waals surface area contributed by atoms with Crippen molar-refractivity contribution in [2.75, 3.05) is 5.73 Å². The molecule has 2 heteroatoms.